The van der Waals surface area contributed by atoms with Crippen LogP contribution in [0.25, 0.3) is 11.1 Å². The summed E-state index contributed by atoms with van der Waals surface area (Å²) in [5, 5.41) is 4.80. The first-order valence-electron chi connectivity index (χ1n) is 6.45. The van der Waals surface area contributed by atoms with Gasteiger partial charge >= 0.3 is 0 Å². The van der Waals surface area contributed by atoms with E-state index in [0.717, 1.165) is 11.1 Å². The fourth-order valence-electron chi connectivity index (χ4n) is 2.19. The maximum absolute atomic E-state index is 13.3. The van der Waals surface area contributed by atoms with E-state index in [0.29, 0.717) is 22.8 Å². The van der Waals surface area contributed by atoms with Gasteiger partial charge in [-0.2, -0.15) is 5.10 Å². The van der Waals surface area contributed by atoms with E-state index in [4.69, 9.17) is 17.3 Å². The molecule has 2 N–H and O–H groups in total. The summed E-state index contributed by atoms with van der Waals surface area (Å²) < 4.78 is 15.0. The maximum Gasteiger partial charge on any atom is 0.123 e. The molecule has 0 saturated carbocycles. The van der Waals surface area contributed by atoms with Gasteiger partial charge in [-0.1, -0.05) is 29.8 Å². The van der Waals surface area contributed by atoms with Crippen LogP contribution in [0, 0.1) is 5.82 Å². The second-order valence-electron chi connectivity index (χ2n) is 4.75. The minimum Gasteiger partial charge on any atom is -0.398 e. The molecule has 0 saturated heterocycles. The van der Waals surface area contributed by atoms with Gasteiger partial charge in [-0.05, 0) is 29.8 Å². The molecule has 0 spiro atoms. The zero-order valence-electron chi connectivity index (χ0n) is 11.1. The van der Waals surface area contributed by atoms with Crippen molar-refractivity contribution in [3.8, 4) is 11.1 Å². The predicted octanol–water partition coefficient (Wildman–Crippen LogP) is 3.97. The van der Waals surface area contributed by atoms with E-state index in [-0.39, 0.29) is 5.82 Å². The van der Waals surface area contributed by atoms with Crippen molar-refractivity contribution in [1.82, 2.24) is 9.78 Å². The number of rotatable bonds is 3. The number of halogens is 2. The van der Waals surface area contributed by atoms with E-state index in [1.165, 1.54) is 12.1 Å². The van der Waals surface area contributed by atoms with Gasteiger partial charge in [-0.25, -0.2) is 4.39 Å². The average Bonchev–Trinajstić information content (AvgIpc) is 2.92. The van der Waals surface area contributed by atoms with Gasteiger partial charge < -0.3 is 5.73 Å². The summed E-state index contributed by atoms with van der Waals surface area (Å²) in [5.74, 6) is -0.311. The highest BCUT2D eigenvalue weighted by Crippen LogP contribution is 2.25. The zero-order valence-corrected chi connectivity index (χ0v) is 11.9. The number of anilines is 1. The van der Waals surface area contributed by atoms with Gasteiger partial charge in [-0.3, -0.25) is 4.68 Å². The van der Waals surface area contributed by atoms with E-state index in [9.17, 15) is 4.39 Å². The van der Waals surface area contributed by atoms with Gasteiger partial charge in [0.15, 0.2) is 0 Å². The van der Waals surface area contributed by atoms with E-state index in [1.807, 2.05) is 30.5 Å². The van der Waals surface area contributed by atoms with E-state index >= 15 is 0 Å². The van der Waals surface area contributed by atoms with Gasteiger partial charge in [0.2, 0.25) is 0 Å². The topological polar surface area (TPSA) is 43.8 Å². The molecule has 1 heterocycles. The van der Waals surface area contributed by atoms with Gasteiger partial charge in [0.25, 0.3) is 0 Å². The first-order valence-corrected chi connectivity index (χ1v) is 6.82. The van der Waals surface area contributed by atoms with Gasteiger partial charge in [0.1, 0.15) is 5.82 Å². The molecule has 3 rings (SSSR count). The van der Waals surface area contributed by atoms with Crippen LogP contribution < -0.4 is 5.73 Å². The van der Waals surface area contributed by atoms with Crippen molar-refractivity contribution in [3.63, 3.8) is 0 Å². The molecule has 0 aliphatic rings. The third-order valence-electron chi connectivity index (χ3n) is 3.25. The number of aromatic nitrogens is 2. The molecule has 106 valence electrons. The number of hydrogen-bond acceptors (Lipinski definition) is 2. The Morgan fingerprint density at radius 2 is 2.00 bits per heavy atom. The smallest absolute Gasteiger partial charge is 0.123 e. The van der Waals surface area contributed by atoms with Crippen molar-refractivity contribution < 1.29 is 4.39 Å². The summed E-state index contributed by atoms with van der Waals surface area (Å²) in [4.78, 5) is 0. The Labute approximate surface area is 126 Å². The highest BCUT2D eigenvalue weighted by molar-refractivity contribution is 6.31. The Morgan fingerprint density at radius 3 is 2.81 bits per heavy atom. The second-order valence-corrected chi connectivity index (χ2v) is 5.16. The Balaban J connectivity index is 1.89. The average molecular weight is 302 g/mol. The predicted molar refractivity (Wildman–Crippen MR) is 82.6 cm³/mol. The molecule has 0 amide bonds. The molecule has 0 fully saturated rings. The Bertz CT molecular complexity index is 783. The normalized spacial score (nSPS) is 10.8. The highest BCUT2D eigenvalue weighted by atomic mass is 35.5. The van der Waals surface area contributed by atoms with Crippen molar-refractivity contribution >= 4 is 17.3 Å². The molecule has 0 unspecified atom stereocenters. The summed E-state index contributed by atoms with van der Waals surface area (Å²) in [6.45, 7) is 0.406. The zero-order chi connectivity index (χ0) is 14.8. The molecule has 0 radical (unpaired) electrons. The largest absolute Gasteiger partial charge is 0.398 e. The third-order valence-corrected chi connectivity index (χ3v) is 3.61. The maximum atomic E-state index is 13.3. The lowest BCUT2D eigenvalue weighted by atomic mass is 10.1. The van der Waals surface area contributed by atoms with Crippen LogP contribution in [0.3, 0.4) is 0 Å². The minimum atomic E-state index is -0.311. The quantitative estimate of drug-likeness (QED) is 0.744. The molecule has 0 aliphatic carbocycles. The van der Waals surface area contributed by atoms with Crippen LogP contribution in [0.5, 0.6) is 0 Å². The van der Waals surface area contributed by atoms with Crippen LogP contribution in [0.4, 0.5) is 10.1 Å². The molecule has 0 bridgehead atoms. The van der Waals surface area contributed by atoms with Crippen LogP contribution in [-0.4, -0.2) is 9.78 Å². The van der Waals surface area contributed by atoms with Gasteiger partial charge in [0.05, 0.1) is 12.7 Å². The third kappa shape index (κ3) is 2.90. The van der Waals surface area contributed by atoms with Crippen molar-refractivity contribution in [2.24, 2.45) is 0 Å². The van der Waals surface area contributed by atoms with Gasteiger partial charge in [-0.15, -0.1) is 0 Å². The van der Waals surface area contributed by atoms with Gasteiger partial charge in [0, 0.05) is 28.0 Å². The van der Waals surface area contributed by atoms with Crippen molar-refractivity contribution in [1.29, 1.82) is 0 Å². The van der Waals surface area contributed by atoms with Crippen LogP contribution >= 0.6 is 11.6 Å². The molecule has 2 aromatic carbocycles. The number of nitrogens with two attached hydrogens (primary N) is 1. The fourth-order valence-corrected chi connectivity index (χ4v) is 2.37. The molecule has 0 aliphatic heterocycles. The minimum absolute atomic E-state index is 0.311. The van der Waals surface area contributed by atoms with Crippen LogP contribution in [0.15, 0.2) is 54.9 Å². The Kier molecular flexibility index (Phi) is 3.62. The van der Waals surface area contributed by atoms with Crippen molar-refractivity contribution in [3.05, 3.63) is 71.3 Å². The lowest BCUT2D eigenvalue weighted by Gasteiger charge is -2.05. The van der Waals surface area contributed by atoms with Crippen LogP contribution in [-0.2, 0) is 6.54 Å². The highest BCUT2D eigenvalue weighted by Gasteiger charge is 2.07. The number of nitrogens with zero attached hydrogens (tertiary/aromatic N) is 2. The molecule has 21 heavy (non-hydrogen) atoms. The molecule has 5 heteroatoms. The summed E-state index contributed by atoms with van der Waals surface area (Å²) in [7, 11) is 0. The molecule has 3 nitrogen and oxygen atoms in total. The van der Waals surface area contributed by atoms with Crippen molar-refractivity contribution in [2.75, 3.05) is 5.73 Å². The Hall–Kier alpha value is -2.33. The first kappa shape index (κ1) is 13.6. The first-order chi connectivity index (χ1) is 10.1. The number of hydrogen-bond donors (Lipinski definition) is 1. The fraction of sp³-hybridized carbons (Fsp3) is 0.0625. The van der Waals surface area contributed by atoms with E-state index in [1.54, 1.807) is 16.9 Å². The number of nitrogen functional groups attached to an aromatic ring is 1. The van der Waals surface area contributed by atoms with Crippen molar-refractivity contribution in [2.45, 2.75) is 6.54 Å². The lowest BCUT2D eigenvalue weighted by Crippen LogP contribution is -2.01. The SMILES string of the molecule is Nc1ccccc1-c1cnn(Cc2cc(F)ccc2Cl)c1. The van der Waals surface area contributed by atoms with E-state index in [2.05, 4.69) is 5.10 Å². The summed E-state index contributed by atoms with van der Waals surface area (Å²) >= 11 is 6.07. The van der Waals surface area contributed by atoms with Crippen LogP contribution in [0.2, 0.25) is 5.02 Å². The molecule has 1 aromatic heterocycles. The standard InChI is InChI=1S/C16H13ClFN3/c17-15-6-5-13(18)7-11(15)9-21-10-12(8-20-21)14-3-1-2-4-16(14)19/h1-8,10H,9,19H2. The summed E-state index contributed by atoms with van der Waals surface area (Å²) in [6, 6.07) is 11.9. The van der Waals surface area contributed by atoms with E-state index < -0.39 is 0 Å². The summed E-state index contributed by atoms with van der Waals surface area (Å²) in [6.07, 6.45) is 3.60. The number of benzene rings is 2. The lowest BCUT2D eigenvalue weighted by molar-refractivity contribution is 0.619. The summed E-state index contributed by atoms with van der Waals surface area (Å²) in [5.41, 5.74) is 9.18. The molecular formula is C16H13ClFN3. The molecule has 3 aromatic rings. The number of para-hydroxylation sites is 1. The molecule has 0 atom stereocenters. The monoisotopic (exact) mass is 301 g/mol. The van der Waals surface area contributed by atoms with Crippen LogP contribution in [0.1, 0.15) is 5.56 Å². The second kappa shape index (κ2) is 5.58. The Morgan fingerprint density at radius 1 is 1.19 bits per heavy atom. The molecular weight excluding hydrogens is 289 g/mol.